The third-order valence-electron chi connectivity index (χ3n) is 5.10. The van der Waals surface area contributed by atoms with Crippen molar-refractivity contribution in [2.45, 2.75) is 32.2 Å². The van der Waals surface area contributed by atoms with E-state index in [0.717, 1.165) is 4.90 Å². The number of amides is 4. The molecule has 0 bridgehead atoms. The van der Waals surface area contributed by atoms with Crippen molar-refractivity contribution in [1.82, 2.24) is 24.7 Å². The molecule has 1 spiro atoms. The molecule has 2 aliphatic heterocycles. The van der Waals surface area contributed by atoms with E-state index in [1.165, 1.54) is 12.5 Å². The number of aromatic amines is 1. The molecule has 26 heavy (non-hydrogen) atoms. The maximum Gasteiger partial charge on any atom is 0.327 e. The van der Waals surface area contributed by atoms with Gasteiger partial charge in [0.2, 0.25) is 0 Å². The lowest BCUT2D eigenvalue weighted by Gasteiger charge is -2.42. The second kappa shape index (κ2) is 7.06. The van der Waals surface area contributed by atoms with Gasteiger partial charge in [-0.05, 0) is 18.8 Å². The monoisotopic (exact) mass is 363 g/mol. The molecule has 0 radical (unpaired) electrons. The number of H-pyrrole nitrogens is 1. The molecule has 2 N–H and O–H groups in total. The quantitative estimate of drug-likeness (QED) is 0.731. The van der Waals surface area contributed by atoms with E-state index in [4.69, 9.17) is 0 Å². The molecule has 2 fully saturated rings. The number of β-amino-alcohol motifs (C(OH)–C–C–N with tert-alkyl or cyclic N) is 1. The smallest absolute Gasteiger partial charge is 0.327 e. The standard InChI is InChI=1S/C17H25N5O4/c1-12(2)10-22-16(26)21(7-8-23)15(25)17(22)3-5-20(6-4-17)14(24)13-9-18-11-19-13/h9,11-12,23H,3-8,10H2,1-2H3,(H,18,19). The van der Waals surface area contributed by atoms with Gasteiger partial charge in [0.05, 0.1) is 25.7 Å². The highest BCUT2D eigenvalue weighted by molar-refractivity contribution is 6.07. The van der Waals surface area contributed by atoms with E-state index in [-0.39, 0.29) is 36.9 Å². The number of aliphatic hydroxyl groups excluding tert-OH is 1. The fraction of sp³-hybridized carbons (Fsp3) is 0.647. The largest absolute Gasteiger partial charge is 0.395 e. The van der Waals surface area contributed by atoms with Crippen molar-refractivity contribution >= 4 is 17.8 Å². The average Bonchev–Trinajstić information content (AvgIpc) is 3.21. The summed E-state index contributed by atoms with van der Waals surface area (Å²) in [7, 11) is 0. The number of hydrogen-bond donors (Lipinski definition) is 2. The lowest BCUT2D eigenvalue weighted by Crippen LogP contribution is -2.58. The van der Waals surface area contributed by atoms with Crippen LogP contribution in [-0.2, 0) is 4.79 Å². The predicted octanol–water partition coefficient (Wildman–Crippen LogP) is 0.297. The highest BCUT2D eigenvalue weighted by Crippen LogP contribution is 2.38. The summed E-state index contributed by atoms with van der Waals surface area (Å²) in [6, 6.07) is -0.342. The number of hydrogen-bond acceptors (Lipinski definition) is 5. The maximum absolute atomic E-state index is 13.0. The van der Waals surface area contributed by atoms with Gasteiger partial charge in [-0.1, -0.05) is 13.8 Å². The first-order chi connectivity index (χ1) is 12.4. The van der Waals surface area contributed by atoms with E-state index < -0.39 is 5.54 Å². The summed E-state index contributed by atoms with van der Waals surface area (Å²) in [4.78, 5) is 49.4. The molecule has 1 aromatic heterocycles. The normalized spacial score (nSPS) is 19.9. The number of imide groups is 1. The number of carbonyl (C=O) groups is 3. The van der Waals surface area contributed by atoms with Gasteiger partial charge in [-0.25, -0.2) is 9.78 Å². The first-order valence-corrected chi connectivity index (χ1v) is 8.93. The van der Waals surface area contributed by atoms with Gasteiger partial charge in [-0.15, -0.1) is 0 Å². The van der Waals surface area contributed by atoms with E-state index in [9.17, 15) is 19.5 Å². The summed E-state index contributed by atoms with van der Waals surface area (Å²) in [5.74, 6) is -0.204. The number of piperidine rings is 1. The van der Waals surface area contributed by atoms with Crippen molar-refractivity contribution in [3.63, 3.8) is 0 Å². The fourth-order valence-electron chi connectivity index (χ4n) is 3.80. The van der Waals surface area contributed by atoms with Crippen LogP contribution in [-0.4, -0.2) is 85.9 Å². The van der Waals surface area contributed by atoms with Crippen molar-refractivity contribution in [2.75, 3.05) is 32.8 Å². The molecule has 142 valence electrons. The van der Waals surface area contributed by atoms with Gasteiger partial charge in [0.15, 0.2) is 0 Å². The van der Waals surface area contributed by atoms with Crippen molar-refractivity contribution in [2.24, 2.45) is 5.92 Å². The Hall–Kier alpha value is -2.42. The van der Waals surface area contributed by atoms with Crippen LogP contribution in [0.5, 0.6) is 0 Å². The molecule has 2 aliphatic rings. The Labute approximate surface area is 152 Å². The number of urea groups is 1. The number of nitrogens with one attached hydrogen (secondary N) is 1. The fourth-order valence-corrected chi connectivity index (χ4v) is 3.80. The van der Waals surface area contributed by atoms with Crippen LogP contribution in [0.4, 0.5) is 4.79 Å². The summed E-state index contributed by atoms with van der Waals surface area (Å²) < 4.78 is 0. The highest BCUT2D eigenvalue weighted by Gasteiger charge is 2.58. The zero-order valence-corrected chi connectivity index (χ0v) is 15.1. The zero-order valence-electron chi connectivity index (χ0n) is 15.1. The minimum absolute atomic E-state index is 0.00476. The van der Waals surface area contributed by atoms with Crippen LogP contribution in [0.1, 0.15) is 37.2 Å². The molecule has 0 unspecified atom stereocenters. The number of carbonyl (C=O) groups excluding carboxylic acids is 3. The zero-order chi connectivity index (χ0) is 18.9. The number of aromatic nitrogens is 2. The summed E-state index contributed by atoms with van der Waals surface area (Å²) in [6.07, 6.45) is 3.72. The number of rotatable bonds is 5. The van der Waals surface area contributed by atoms with Gasteiger partial charge in [0.25, 0.3) is 11.8 Å². The highest BCUT2D eigenvalue weighted by atomic mass is 16.3. The average molecular weight is 363 g/mol. The van der Waals surface area contributed by atoms with Crippen molar-refractivity contribution in [1.29, 1.82) is 0 Å². The van der Waals surface area contributed by atoms with Crippen LogP contribution < -0.4 is 0 Å². The van der Waals surface area contributed by atoms with Crippen LogP contribution >= 0.6 is 0 Å². The van der Waals surface area contributed by atoms with Crippen LogP contribution in [0.15, 0.2) is 12.5 Å². The summed E-state index contributed by atoms with van der Waals surface area (Å²) in [6.45, 7) is 4.99. The van der Waals surface area contributed by atoms with Crippen molar-refractivity contribution in [3.05, 3.63) is 18.2 Å². The first kappa shape index (κ1) is 18.4. The van der Waals surface area contributed by atoms with Gasteiger partial charge in [-0.2, -0.15) is 0 Å². The Bertz CT molecular complexity index is 679. The Morgan fingerprint density at radius 2 is 2.04 bits per heavy atom. The van der Waals surface area contributed by atoms with Crippen LogP contribution in [0.25, 0.3) is 0 Å². The second-order valence-corrected chi connectivity index (χ2v) is 7.26. The van der Waals surface area contributed by atoms with Crippen LogP contribution in [0.3, 0.4) is 0 Å². The van der Waals surface area contributed by atoms with E-state index >= 15 is 0 Å². The lowest BCUT2D eigenvalue weighted by atomic mass is 9.85. The molecule has 3 rings (SSSR count). The molecule has 9 nitrogen and oxygen atoms in total. The van der Waals surface area contributed by atoms with Gasteiger partial charge >= 0.3 is 6.03 Å². The molecular weight excluding hydrogens is 338 g/mol. The summed E-state index contributed by atoms with van der Waals surface area (Å²) in [5.41, 5.74) is -0.503. The molecule has 4 amide bonds. The number of likely N-dealkylation sites (tertiary alicyclic amines) is 1. The minimum atomic E-state index is -0.915. The molecular formula is C17H25N5O4. The number of imidazole rings is 1. The van der Waals surface area contributed by atoms with E-state index in [1.54, 1.807) is 9.80 Å². The maximum atomic E-state index is 13.0. The second-order valence-electron chi connectivity index (χ2n) is 7.26. The van der Waals surface area contributed by atoms with Gasteiger partial charge in [-0.3, -0.25) is 14.5 Å². The summed E-state index contributed by atoms with van der Waals surface area (Å²) in [5, 5.41) is 9.21. The van der Waals surface area contributed by atoms with Crippen molar-refractivity contribution < 1.29 is 19.5 Å². The molecule has 2 saturated heterocycles. The van der Waals surface area contributed by atoms with Gasteiger partial charge < -0.3 is 19.9 Å². The van der Waals surface area contributed by atoms with Crippen LogP contribution in [0.2, 0.25) is 0 Å². The Morgan fingerprint density at radius 3 is 2.58 bits per heavy atom. The SMILES string of the molecule is CC(C)CN1C(=O)N(CCO)C(=O)C12CCN(C(=O)c1cnc[nH]1)CC2. The lowest BCUT2D eigenvalue weighted by molar-refractivity contribution is -0.135. The molecule has 3 heterocycles. The number of aliphatic hydroxyl groups is 1. The van der Waals surface area contributed by atoms with E-state index in [2.05, 4.69) is 9.97 Å². The molecule has 9 heteroatoms. The Kier molecular flexibility index (Phi) is 4.99. The minimum Gasteiger partial charge on any atom is -0.395 e. The van der Waals surface area contributed by atoms with E-state index in [0.29, 0.717) is 38.2 Å². The van der Waals surface area contributed by atoms with Crippen molar-refractivity contribution in [3.8, 4) is 0 Å². The topological polar surface area (TPSA) is 110 Å². The number of nitrogens with zero attached hydrogens (tertiary/aromatic N) is 4. The molecule has 1 aromatic rings. The Morgan fingerprint density at radius 1 is 1.35 bits per heavy atom. The molecule has 0 aliphatic carbocycles. The van der Waals surface area contributed by atoms with Gasteiger partial charge in [0, 0.05) is 19.6 Å². The molecule has 0 atom stereocenters. The summed E-state index contributed by atoms with van der Waals surface area (Å²) >= 11 is 0. The molecule has 0 aromatic carbocycles. The first-order valence-electron chi connectivity index (χ1n) is 8.93. The third kappa shape index (κ3) is 2.96. The van der Waals surface area contributed by atoms with E-state index in [1.807, 2.05) is 13.8 Å². The molecule has 0 saturated carbocycles. The van der Waals surface area contributed by atoms with Crippen LogP contribution in [0, 0.1) is 5.92 Å². The third-order valence-corrected chi connectivity index (χ3v) is 5.10. The predicted molar refractivity (Wildman–Crippen MR) is 92.2 cm³/mol. The van der Waals surface area contributed by atoms with Gasteiger partial charge in [0.1, 0.15) is 11.2 Å². The Balaban J connectivity index is 1.80.